The number of rotatable bonds is 9. The van der Waals surface area contributed by atoms with Crippen molar-refractivity contribution in [2.45, 2.75) is 13.0 Å². The molecule has 3 heterocycles. The predicted octanol–water partition coefficient (Wildman–Crippen LogP) is 3.74. The monoisotopic (exact) mass is 564 g/mol. The number of aromatic nitrogens is 6. The highest BCUT2D eigenvalue weighted by molar-refractivity contribution is 9.10. The van der Waals surface area contributed by atoms with E-state index in [0.29, 0.717) is 28.2 Å². The number of hydrogen-bond acceptors (Lipinski definition) is 8. The molecule has 4 rings (SSSR count). The molecule has 0 N–H and O–H groups in total. The fraction of sp³-hybridized carbons (Fsp3) is 0.273. The van der Waals surface area contributed by atoms with Gasteiger partial charge in [0.25, 0.3) is 10.0 Å². The Morgan fingerprint density at radius 1 is 1.29 bits per heavy atom. The summed E-state index contributed by atoms with van der Waals surface area (Å²) in [5, 5.41) is 8.31. The van der Waals surface area contributed by atoms with Crippen molar-refractivity contribution in [3.05, 3.63) is 58.8 Å². The molecule has 0 aliphatic rings. The molecule has 13 heteroatoms. The number of nitrogens with zero attached hydrogens (tertiary/aromatic N) is 6. The molecule has 10 nitrogen and oxygen atoms in total. The van der Waals surface area contributed by atoms with Gasteiger partial charge in [0.2, 0.25) is 0 Å². The molecule has 1 atom stereocenters. The average molecular weight is 565 g/mol. The Labute approximate surface area is 209 Å². The van der Waals surface area contributed by atoms with Crippen LogP contribution in [0.15, 0.2) is 41.8 Å². The first-order valence-corrected chi connectivity index (χ1v) is 13.1. The van der Waals surface area contributed by atoms with Crippen LogP contribution >= 0.6 is 15.9 Å². The smallest absolute Gasteiger partial charge is 0.251 e. The van der Waals surface area contributed by atoms with Crippen molar-refractivity contribution in [3.8, 4) is 17.1 Å². The fourth-order valence-electron chi connectivity index (χ4n) is 3.62. The van der Waals surface area contributed by atoms with Crippen molar-refractivity contribution in [1.82, 2.24) is 28.9 Å². The zero-order valence-electron chi connectivity index (χ0n) is 19.1. The Kier molecular flexibility index (Phi) is 7.01. The normalized spacial score (nSPS) is 12.7. The molecule has 0 saturated heterocycles. The second kappa shape index (κ2) is 9.84. The van der Waals surface area contributed by atoms with Crippen LogP contribution < -0.4 is 4.74 Å². The zero-order valence-corrected chi connectivity index (χ0v) is 21.5. The number of para-hydroxylation sites is 1. The zero-order chi connectivity index (χ0) is 25.3. The van der Waals surface area contributed by atoms with E-state index >= 15 is 0 Å². The quantitative estimate of drug-likeness (QED) is 0.282. The van der Waals surface area contributed by atoms with Gasteiger partial charge in [-0.25, -0.2) is 22.8 Å². The number of aryl methyl sites for hydroxylation is 1. The van der Waals surface area contributed by atoms with E-state index in [0.717, 1.165) is 10.3 Å². The van der Waals surface area contributed by atoms with Crippen LogP contribution in [0.25, 0.3) is 28.5 Å². The molecule has 0 radical (unpaired) electrons. The largest absolute Gasteiger partial charge is 0.487 e. The Morgan fingerprint density at radius 2 is 2.06 bits per heavy atom. The molecule has 3 aromatic heterocycles. The van der Waals surface area contributed by atoms with Gasteiger partial charge in [0.1, 0.15) is 17.6 Å². The van der Waals surface area contributed by atoms with Crippen molar-refractivity contribution in [2.75, 3.05) is 19.5 Å². The van der Waals surface area contributed by atoms with Crippen LogP contribution in [0.4, 0.5) is 4.39 Å². The Hall–Kier alpha value is -3.16. The molecular weight excluding hydrogens is 543 g/mol. The van der Waals surface area contributed by atoms with Gasteiger partial charge < -0.3 is 9.47 Å². The topological polar surface area (TPSA) is 114 Å². The van der Waals surface area contributed by atoms with Crippen LogP contribution in [-0.4, -0.2) is 56.8 Å². The van der Waals surface area contributed by atoms with E-state index in [9.17, 15) is 12.8 Å². The summed E-state index contributed by atoms with van der Waals surface area (Å²) in [6.45, 7) is 5.82. The van der Waals surface area contributed by atoms with E-state index in [-0.39, 0.29) is 29.1 Å². The van der Waals surface area contributed by atoms with Crippen LogP contribution in [0, 0.1) is 5.82 Å². The molecule has 0 aliphatic carbocycles. The first-order chi connectivity index (χ1) is 16.6. The minimum atomic E-state index is -3.63. The van der Waals surface area contributed by atoms with Gasteiger partial charge in [-0.1, -0.05) is 24.8 Å². The number of fused-ring (bicyclic) bond motifs is 1. The predicted molar refractivity (Wildman–Crippen MR) is 132 cm³/mol. The van der Waals surface area contributed by atoms with Gasteiger partial charge in [-0.3, -0.25) is 4.68 Å². The van der Waals surface area contributed by atoms with Gasteiger partial charge in [0.15, 0.2) is 22.0 Å². The first-order valence-electron chi connectivity index (χ1n) is 10.4. The lowest BCUT2D eigenvalue weighted by atomic mass is 10.1. The van der Waals surface area contributed by atoms with Gasteiger partial charge in [0.05, 0.1) is 42.6 Å². The highest BCUT2D eigenvalue weighted by Gasteiger charge is 2.23. The summed E-state index contributed by atoms with van der Waals surface area (Å²) in [6.07, 6.45) is 5.16. The molecule has 0 spiro atoms. The number of benzene rings is 1. The second-order valence-corrected chi connectivity index (χ2v) is 10.2. The number of ether oxygens (including phenoxy) is 2. The molecule has 0 aliphatic heterocycles. The Morgan fingerprint density at radius 3 is 2.77 bits per heavy atom. The SMILES string of the molecule is C=Cc1cccc(F)c1OCCO[C@H](C)c1c(-c2ncc3c(n2)c(Br)nn3S(C)(=O)=O)cnn1C. The van der Waals surface area contributed by atoms with E-state index in [1.807, 2.05) is 6.92 Å². The lowest BCUT2D eigenvalue weighted by Gasteiger charge is -2.16. The molecule has 0 bridgehead atoms. The summed E-state index contributed by atoms with van der Waals surface area (Å²) in [5.74, 6) is -0.00723. The Balaban J connectivity index is 1.53. The third kappa shape index (κ3) is 4.97. The molecule has 0 saturated carbocycles. The number of halogens is 2. The molecule has 0 unspecified atom stereocenters. The van der Waals surface area contributed by atoms with Crippen molar-refractivity contribution >= 4 is 43.1 Å². The van der Waals surface area contributed by atoms with Gasteiger partial charge in [-0.05, 0) is 28.9 Å². The van der Waals surface area contributed by atoms with Gasteiger partial charge >= 0.3 is 0 Å². The standard InChI is InChI=1S/C22H22BrFN6O4S/c1-5-14-7-6-8-16(24)20(14)34-10-9-33-13(2)19-15(11-26-29(19)3)22-25-12-17-18(27-22)21(23)28-30(17)35(4,31)32/h5-8,11-13H,1,9-10H2,2-4H3/t13-/m1/s1. The molecule has 4 aromatic rings. The maximum absolute atomic E-state index is 14.1. The average Bonchev–Trinajstić information content (AvgIpc) is 3.37. The summed E-state index contributed by atoms with van der Waals surface area (Å²) in [4.78, 5) is 8.85. The van der Waals surface area contributed by atoms with Crippen molar-refractivity contribution in [2.24, 2.45) is 7.05 Å². The summed E-state index contributed by atoms with van der Waals surface area (Å²) in [6, 6.07) is 4.63. The van der Waals surface area contributed by atoms with Crippen molar-refractivity contribution in [3.63, 3.8) is 0 Å². The lowest BCUT2D eigenvalue weighted by Crippen LogP contribution is -2.14. The van der Waals surface area contributed by atoms with Crippen LogP contribution in [-0.2, 0) is 21.8 Å². The summed E-state index contributed by atoms with van der Waals surface area (Å²) in [5.41, 5.74) is 2.48. The van der Waals surface area contributed by atoms with Crippen LogP contribution in [0.2, 0.25) is 0 Å². The third-order valence-corrected chi connectivity index (χ3v) is 6.63. The van der Waals surface area contributed by atoms with Crippen LogP contribution in [0.5, 0.6) is 5.75 Å². The van der Waals surface area contributed by atoms with E-state index in [2.05, 4.69) is 42.7 Å². The highest BCUT2D eigenvalue weighted by atomic mass is 79.9. The molecular formula is C22H22BrFN6O4S. The van der Waals surface area contributed by atoms with E-state index in [1.165, 1.54) is 18.3 Å². The first kappa shape index (κ1) is 24.9. The van der Waals surface area contributed by atoms with Gasteiger partial charge in [-0.2, -0.15) is 9.19 Å². The minimum Gasteiger partial charge on any atom is -0.487 e. The van der Waals surface area contributed by atoms with Crippen molar-refractivity contribution in [1.29, 1.82) is 0 Å². The second-order valence-electron chi connectivity index (χ2n) is 7.62. The van der Waals surface area contributed by atoms with E-state index < -0.39 is 21.9 Å². The van der Waals surface area contributed by atoms with E-state index in [4.69, 9.17) is 9.47 Å². The lowest BCUT2D eigenvalue weighted by molar-refractivity contribution is 0.0390. The number of hydrogen-bond donors (Lipinski definition) is 0. The van der Waals surface area contributed by atoms with Gasteiger partial charge in [-0.15, -0.1) is 5.10 Å². The van der Waals surface area contributed by atoms with Crippen LogP contribution in [0.3, 0.4) is 0 Å². The van der Waals surface area contributed by atoms with Gasteiger partial charge in [0, 0.05) is 12.6 Å². The maximum atomic E-state index is 14.1. The summed E-state index contributed by atoms with van der Waals surface area (Å²) < 4.78 is 52.4. The highest BCUT2D eigenvalue weighted by Crippen LogP contribution is 2.30. The van der Waals surface area contributed by atoms with Crippen LogP contribution in [0.1, 0.15) is 24.3 Å². The third-order valence-electron chi connectivity index (χ3n) is 5.19. The minimum absolute atomic E-state index is 0.124. The summed E-state index contributed by atoms with van der Waals surface area (Å²) >= 11 is 3.27. The van der Waals surface area contributed by atoms with E-state index in [1.54, 1.807) is 30.1 Å². The molecule has 0 amide bonds. The maximum Gasteiger partial charge on any atom is 0.251 e. The molecule has 0 fully saturated rings. The molecule has 35 heavy (non-hydrogen) atoms. The fourth-order valence-corrected chi connectivity index (χ4v) is 4.89. The summed E-state index contributed by atoms with van der Waals surface area (Å²) in [7, 11) is -1.86. The van der Waals surface area contributed by atoms with Crippen molar-refractivity contribution < 1.29 is 22.3 Å². The Bertz CT molecular complexity index is 1520. The molecule has 1 aromatic carbocycles. The molecule has 184 valence electrons.